The second-order valence-corrected chi connectivity index (χ2v) is 9.29. The zero-order valence-corrected chi connectivity index (χ0v) is 16.1. The van der Waals surface area contributed by atoms with E-state index >= 15 is 0 Å². The fourth-order valence-corrected chi connectivity index (χ4v) is 5.83. The van der Waals surface area contributed by atoms with Crippen LogP contribution >= 0.6 is 0 Å². The van der Waals surface area contributed by atoms with Gasteiger partial charge in [-0.3, -0.25) is 4.31 Å². The summed E-state index contributed by atoms with van der Waals surface area (Å²) in [5, 5.41) is 1.04. The van der Waals surface area contributed by atoms with Crippen molar-refractivity contribution < 1.29 is 13.2 Å². The molecule has 1 aliphatic carbocycles. The molecular formula is C21H22N2O3S. The number of ether oxygens (including phenoxy) is 1. The smallest absolute Gasteiger partial charge is 0.264 e. The second kappa shape index (κ2) is 6.02. The number of nitrogens with zero attached hydrogens (tertiary/aromatic N) is 1. The number of anilines is 1. The quantitative estimate of drug-likeness (QED) is 0.728. The fourth-order valence-electron chi connectivity index (χ4n) is 4.25. The van der Waals surface area contributed by atoms with Gasteiger partial charge in [-0.2, -0.15) is 0 Å². The van der Waals surface area contributed by atoms with Gasteiger partial charge in [0, 0.05) is 16.6 Å². The minimum atomic E-state index is -3.66. The number of H-pyrrole nitrogens is 1. The van der Waals surface area contributed by atoms with Crippen LogP contribution in [-0.2, 0) is 22.9 Å². The molecule has 5 rings (SSSR count). The van der Waals surface area contributed by atoms with Crippen molar-refractivity contribution in [3.8, 4) is 5.75 Å². The summed E-state index contributed by atoms with van der Waals surface area (Å²) in [5.41, 5.74) is 4.17. The average molecular weight is 382 g/mol. The summed E-state index contributed by atoms with van der Waals surface area (Å²) in [4.78, 5) is 3.81. The van der Waals surface area contributed by atoms with Crippen molar-refractivity contribution in [2.45, 2.75) is 43.6 Å². The van der Waals surface area contributed by atoms with Gasteiger partial charge in [0.05, 0.1) is 17.1 Å². The number of para-hydroxylation sites is 2. The number of sulfonamides is 1. The first-order valence-electron chi connectivity index (χ1n) is 9.46. The van der Waals surface area contributed by atoms with E-state index in [2.05, 4.69) is 4.98 Å². The molecule has 2 aromatic carbocycles. The largest absolute Gasteiger partial charge is 0.487 e. The molecule has 0 saturated heterocycles. The SMILES string of the molecule is C[C@H]1CN(S(=O)(=O)c2ccc3[nH]c4c(c3c2)CCCC4)c2ccccc2O1. The molecule has 1 aliphatic heterocycles. The van der Waals surface area contributed by atoms with Gasteiger partial charge in [-0.25, -0.2) is 8.42 Å². The van der Waals surface area contributed by atoms with Crippen molar-refractivity contribution in [3.63, 3.8) is 0 Å². The van der Waals surface area contributed by atoms with Crippen LogP contribution in [0, 0.1) is 0 Å². The Morgan fingerprint density at radius 2 is 1.93 bits per heavy atom. The number of hydrogen-bond acceptors (Lipinski definition) is 3. The van der Waals surface area contributed by atoms with E-state index in [9.17, 15) is 8.42 Å². The van der Waals surface area contributed by atoms with Gasteiger partial charge in [-0.15, -0.1) is 0 Å². The molecule has 1 atom stereocenters. The number of rotatable bonds is 2. The standard InChI is InChI=1S/C21H22N2O3S/c1-14-13-23(20-8-4-5-9-21(20)26-14)27(24,25)15-10-11-19-17(12-15)16-6-2-3-7-18(16)22-19/h4-5,8-12,14,22H,2-3,6-7,13H2,1H3/t14-/m0/s1. The van der Waals surface area contributed by atoms with E-state index < -0.39 is 10.0 Å². The zero-order chi connectivity index (χ0) is 18.6. The molecule has 0 saturated carbocycles. The molecule has 27 heavy (non-hydrogen) atoms. The Kier molecular flexibility index (Phi) is 3.72. The number of aryl methyl sites for hydroxylation is 2. The molecule has 0 unspecified atom stereocenters. The molecule has 5 nitrogen and oxygen atoms in total. The van der Waals surface area contributed by atoms with Crippen molar-refractivity contribution >= 4 is 26.6 Å². The van der Waals surface area contributed by atoms with E-state index in [1.807, 2.05) is 37.3 Å². The number of aromatic amines is 1. The Morgan fingerprint density at radius 1 is 1.11 bits per heavy atom. The first kappa shape index (κ1) is 16.7. The molecule has 2 heterocycles. The van der Waals surface area contributed by atoms with Gasteiger partial charge in [-0.1, -0.05) is 12.1 Å². The van der Waals surface area contributed by atoms with Gasteiger partial charge in [0.15, 0.2) is 0 Å². The number of benzene rings is 2. The summed E-state index contributed by atoms with van der Waals surface area (Å²) in [7, 11) is -3.66. The van der Waals surface area contributed by atoms with E-state index in [0.29, 0.717) is 22.9 Å². The van der Waals surface area contributed by atoms with Crippen LogP contribution in [0.4, 0.5) is 5.69 Å². The van der Waals surface area contributed by atoms with E-state index in [4.69, 9.17) is 4.74 Å². The normalized spacial score (nSPS) is 19.4. The van der Waals surface area contributed by atoms with Gasteiger partial charge in [-0.05, 0) is 68.5 Å². The van der Waals surface area contributed by atoms with Crippen molar-refractivity contribution in [1.29, 1.82) is 0 Å². The molecule has 2 aliphatic rings. The molecule has 1 aromatic heterocycles. The maximum Gasteiger partial charge on any atom is 0.264 e. The predicted molar refractivity (Wildman–Crippen MR) is 106 cm³/mol. The Labute approximate surface area is 159 Å². The lowest BCUT2D eigenvalue weighted by Gasteiger charge is -2.34. The second-order valence-electron chi connectivity index (χ2n) is 7.43. The van der Waals surface area contributed by atoms with Crippen LogP contribution in [0.2, 0.25) is 0 Å². The zero-order valence-electron chi connectivity index (χ0n) is 15.2. The van der Waals surface area contributed by atoms with Crippen molar-refractivity contribution in [1.82, 2.24) is 4.98 Å². The average Bonchev–Trinajstić information content (AvgIpc) is 3.05. The number of fused-ring (bicyclic) bond motifs is 4. The molecule has 0 bridgehead atoms. The van der Waals surface area contributed by atoms with E-state index in [1.54, 1.807) is 12.1 Å². The molecule has 0 radical (unpaired) electrons. The molecule has 6 heteroatoms. The van der Waals surface area contributed by atoms with E-state index in [0.717, 1.165) is 30.2 Å². The fraction of sp³-hybridized carbons (Fsp3) is 0.333. The van der Waals surface area contributed by atoms with Gasteiger partial charge in [0.1, 0.15) is 11.9 Å². The lowest BCUT2D eigenvalue weighted by Crippen LogP contribution is -2.42. The maximum absolute atomic E-state index is 13.5. The van der Waals surface area contributed by atoms with E-state index in [-0.39, 0.29) is 6.10 Å². The van der Waals surface area contributed by atoms with Crippen LogP contribution in [0.1, 0.15) is 31.0 Å². The summed E-state index contributed by atoms with van der Waals surface area (Å²) >= 11 is 0. The van der Waals surface area contributed by atoms with Gasteiger partial charge < -0.3 is 9.72 Å². The molecular weight excluding hydrogens is 360 g/mol. The lowest BCUT2D eigenvalue weighted by molar-refractivity contribution is 0.219. The summed E-state index contributed by atoms with van der Waals surface area (Å²) < 4.78 is 34.3. The first-order valence-corrected chi connectivity index (χ1v) is 10.9. The minimum absolute atomic E-state index is 0.196. The third-order valence-corrected chi connectivity index (χ3v) is 7.32. The van der Waals surface area contributed by atoms with Crippen LogP contribution in [0.3, 0.4) is 0 Å². The summed E-state index contributed by atoms with van der Waals surface area (Å²) in [6, 6.07) is 12.8. The third kappa shape index (κ3) is 2.62. The molecule has 0 fully saturated rings. The topological polar surface area (TPSA) is 62.4 Å². The molecule has 1 N–H and O–H groups in total. The monoisotopic (exact) mass is 382 g/mol. The van der Waals surface area contributed by atoms with Gasteiger partial charge >= 0.3 is 0 Å². The van der Waals surface area contributed by atoms with Crippen molar-refractivity contribution in [3.05, 3.63) is 53.7 Å². The molecule has 140 valence electrons. The minimum Gasteiger partial charge on any atom is -0.487 e. The highest BCUT2D eigenvalue weighted by atomic mass is 32.2. The van der Waals surface area contributed by atoms with Crippen LogP contribution in [0.25, 0.3) is 10.9 Å². The van der Waals surface area contributed by atoms with Crippen LogP contribution in [0.15, 0.2) is 47.4 Å². The number of hydrogen-bond donors (Lipinski definition) is 1. The third-order valence-electron chi connectivity index (χ3n) is 5.54. The Morgan fingerprint density at radius 3 is 2.81 bits per heavy atom. The summed E-state index contributed by atoms with van der Waals surface area (Å²) in [5.74, 6) is 0.611. The summed E-state index contributed by atoms with van der Waals surface area (Å²) in [6.07, 6.45) is 4.20. The Bertz CT molecular complexity index is 1130. The predicted octanol–water partition coefficient (Wildman–Crippen LogP) is 4.02. The highest BCUT2D eigenvalue weighted by Gasteiger charge is 2.33. The number of nitrogens with one attached hydrogen (secondary N) is 1. The van der Waals surface area contributed by atoms with Gasteiger partial charge in [0.25, 0.3) is 10.0 Å². The highest BCUT2D eigenvalue weighted by molar-refractivity contribution is 7.92. The maximum atomic E-state index is 13.5. The highest BCUT2D eigenvalue weighted by Crippen LogP contribution is 2.38. The number of aromatic nitrogens is 1. The van der Waals surface area contributed by atoms with Gasteiger partial charge in [0.2, 0.25) is 0 Å². The van der Waals surface area contributed by atoms with Crippen LogP contribution < -0.4 is 9.04 Å². The van der Waals surface area contributed by atoms with Crippen LogP contribution in [-0.4, -0.2) is 26.1 Å². The molecule has 0 amide bonds. The first-order chi connectivity index (χ1) is 13.0. The van der Waals surface area contributed by atoms with Crippen molar-refractivity contribution in [2.75, 3.05) is 10.8 Å². The lowest BCUT2D eigenvalue weighted by atomic mass is 9.96. The van der Waals surface area contributed by atoms with Crippen molar-refractivity contribution in [2.24, 2.45) is 0 Å². The Hall–Kier alpha value is -2.47. The van der Waals surface area contributed by atoms with Crippen LogP contribution in [0.5, 0.6) is 5.75 Å². The molecule has 0 spiro atoms. The molecule has 3 aromatic rings. The van der Waals surface area contributed by atoms with E-state index in [1.165, 1.54) is 22.0 Å². The summed E-state index contributed by atoms with van der Waals surface area (Å²) in [6.45, 7) is 2.20. The Balaban J connectivity index is 1.63.